The van der Waals surface area contributed by atoms with Crippen LogP contribution in [0.1, 0.15) is 43.8 Å². The number of aryl methyl sites for hydroxylation is 1. The van der Waals surface area contributed by atoms with Crippen molar-refractivity contribution >= 4 is 23.5 Å². The lowest BCUT2D eigenvalue weighted by atomic mass is 10.1. The SMILES string of the molecule is Cc1cc(NC(=O)CSc2nnc([C@@H](C)N3CCCCC3)n2-c2ccc(F)cc2)no1. The van der Waals surface area contributed by atoms with Crippen LogP contribution < -0.4 is 5.32 Å². The molecule has 0 spiro atoms. The van der Waals surface area contributed by atoms with Gasteiger partial charge in [0.05, 0.1) is 11.8 Å². The number of nitrogens with one attached hydrogen (secondary N) is 1. The monoisotopic (exact) mass is 444 g/mol. The summed E-state index contributed by atoms with van der Waals surface area (Å²) in [6, 6.07) is 7.94. The van der Waals surface area contributed by atoms with Crippen LogP contribution in [0.3, 0.4) is 0 Å². The number of carbonyl (C=O) groups excluding carboxylic acids is 1. The fourth-order valence-electron chi connectivity index (χ4n) is 3.68. The zero-order valence-corrected chi connectivity index (χ0v) is 18.4. The standard InChI is InChI=1S/C21H25FN6O2S/c1-14-12-18(26-30-14)23-19(29)13-31-21-25-24-20(15(2)27-10-4-3-5-11-27)28(21)17-8-6-16(22)7-9-17/h6-9,12,15H,3-5,10-11,13H2,1-2H3,(H,23,26,29)/t15-/m1/s1. The molecule has 3 aromatic rings. The first-order valence-corrected chi connectivity index (χ1v) is 11.3. The molecule has 0 bridgehead atoms. The first-order chi connectivity index (χ1) is 15.0. The third-order valence-corrected chi connectivity index (χ3v) is 6.21. The Labute approximate surface area is 184 Å². The summed E-state index contributed by atoms with van der Waals surface area (Å²) in [6.07, 6.45) is 3.58. The molecule has 0 radical (unpaired) electrons. The number of benzene rings is 1. The second-order valence-electron chi connectivity index (χ2n) is 7.58. The Kier molecular flexibility index (Phi) is 6.67. The van der Waals surface area contributed by atoms with Gasteiger partial charge in [-0.1, -0.05) is 23.3 Å². The molecular formula is C21H25FN6O2S. The number of hydrogen-bond donors (Lipinski definition) is 1. The van der Waals surface area contributed by atoms with Gasteiger partial charge < -0.3 is 9.84 Å². The van der Waals surface area contributed by atoms with E-state index in [1.165, 1.54) is 43.2 Å². The smallest absolute Gasteiger partial charge is 0.236 e. The number of nitrogens with zero attached hydrogens (tertiary/aromatic N) is 5. The van der Waals surface area contributed by atoms with Gasteiger partial charge in [0.1, 0.15) is 11.6 Å². The number of piperidine rings is 1. The fraction of sp³-hybridized carbons (Fsp3) is 0.429. The summed E-state index contributed by atoms with van der Waals surface area (Å²) in [5.74, 6) is 1.38. The minimum atomic E-state index is -0.307. The molecule has 0 unspecified atom stereocenters. The number of halogens is 1. The molecule has 1 atom stereocenters. The molecule has 1 aliphatic heterocycles. The van der Waals surface area contributed by atoms with Gasteiger partial charge in [-0.2, -0.15) is 0 Å². The number of anilines is 1. The van der Waals surface area contributed by atoms with Gasteiger partial charge in [-0.05, 0) is 64.0 Å². The molecule has 31 heavy (non-hydrogen) atoms. The van der Waals surface area contributed by atoms with E-state index in [1.807, 2.05) is 4.57 Å². The van der Waals surface area contributed by atoms with Crippen LogP contribution in [0.2, 0.25) is 0 Å². The molecule has 0 saturated carbocycles. The second-order valence-corrected chi connectivity index (χ2v) is 8.53. The van der Waals surface area contributed by atoms with Gasteiger partial charge in [-0.3, -0.25) is 14.3 Å². The lowest BCUT2D eigenvalue weighted by Crippen LogP contribution is -2.33. The highest BCUT2D eigenvalue weighted by atomic mass is 32.2. The molecule has 8 nitrogen and oxygen atoms in total. The van der Waals surface area contributed by atoms with Crippen molar-refractivity contribution in [1.29, 1.82) is 0 Å². The first kappa shape index (κ1) is 21.5. The quantitative estimate of drug-likeness (QED) is 0.551. The minimum Gasteiger partial charge on any atom is -0.360 e. The number of rotatable bonds is 7. The summed E-state index contributed by atoms with van der Waals surface area (Å²) in [5.41, 5.74) is 0.764. The van der Waals surface area contributed by atoms with E-state index in [4.69, 9.17) is 4.52 Å². The molecule has 1 aliphatic rings. The zero-order chi connectivity index (χ0) is 21.8. The summed E-state index contributed by atoms with van der Waals surface area (Å²) in [6.45, 7) is 5.90. The lowest BCUT2D eigenvalue weighted by Gasteiger charge is -2.31. The van der Waals surface area contributed by atoms with Gasteiger partial charge in [0.15, 0.2) is 16.8 Å². The third kappa shape index (κ3) is 5.13. The minimum absolute atomic E-state index is 0.0548. The molecule has 1 aromatic carbocycles. The van der Waals surface area contributed by atoms with Gasteiger partial charge >= 0.3 is 0 Å². The average molecular weight is 445 g/mol. The Balaban J connectivity index is 1.55. The summed E-state index contributed by atoms with van der Waals surface area (Å²) in [5, 5.41) is 15.9. The predicted octanol–water partition coefficient (Wildman–Crippen LogP) is 3.98. The third-order valence-electron chi connectivity index (χ3n) is 5.28. The molecule has 1 fully saturated rings. The van der Waals surface area contributed by atoms with E-state index in [1.54, 1.807) is 25.1 Å². The van der Waals surface area contributed by atoms with Crippen LogP contribution in [0.15, 0.2) is 40.0 Å². The largest absolute Gasteiger partial charge is 0.360 e. The zero-order valence-electron chi connectivity index (χ0n) is 17.5. The second kappa shape index (κ2) is 9.61. The van der Waals surface area contributed by atoms with E-state index < -0.39 is 0 Å². The molecule has 2 aromatic heterocycles. The predicted molar refractivity (Wildman–Crippen MR) is 116 cm³/mol. The van der Waals surface area contributed by atoms with Gasteiger partial charge in [-0.15, -0.1) is 10.2 Å². The van der Waals surface area contributed by atoms with Crippen molar-refractivity contribution in [2.45, 2.75) is 44.3 Å². The summed E-state index contributed by atoms with van der Waals surface area (Å²) < 4.78 is 20.4. The van der Waals surface area contributed by atoms with Crippen LogP contribution in [0.25, 0.3) is 5.69 Å². The van der Waals surface area contributed by atoms with Crippen LogP contribution >= 0.6 is 11.8 Å². The number of amides is 1. The van der Waals surface area contributed by atoms with Crippen molar-refractivity contribution in [2.24, 2.45) is 0 Å². The fourth-order valence-corrected chi connectivity index (χ4v) is 4.44. The van der Waals surface area contributed by atoms with Gasteiger partial charge in [0, 0.05) is 11.8 Å². The van der Waals surface area contributed by atoms with Crippen LogP contribution in [0.5, 0.6) is 0 Å². The molecule has 0 aliphatic carbocycles. The Bertz CT molecular complexity index is 1030. The Morgan fingerprint density at radius 2 is 1.97 bits per heavy atom. The van der Waals surface area contributed by atoms with E-state index in [-0.39, 0.29) is 23.5 Å². The van der Waals surface area contributed by atoms with E-state index in [9.17, 15) is 9.18 Å². The van der Waals surface area contributed by atoms with Crippen LogP contribution in [-0.2, 0) is 4.79 Å². The summed E-state index contributed by atoms with van der Waals surface area (Å²) >= 11 is 1.27. The van der Waals surface area contributed by atoms with Crippen LogP contribution in [0.4, 0.5) is 10.2 Å². The molecule has 1 N–H and O–H groups in total. The molecule has 3 heterocycles. The summed E-state index contributed by atoms with van der Waals surface area (Å²) in [4.78, 5) is 14.7. The van der Waals surface area contributed by atoms with E-state index >= 15 is 0 Å². The molecule has 164 valence electrons. The van der Waals surface area contributed by atoms with E-state index in [2.05, 4.69) is 32.5 Å². The Morgan fingerprint density at radius 1 is 1.23 bits per heavy atom. The van der Waals surface area contributed by atoms with Crippen molar-refractivity contribution in [3.8, 4) is 5.69 Å². The van der Waals surface area contributed by atoms with E-state index in [0.29, 0.717) is 16.7 Å². The number of hydrogen-bond acceptors (Lipinski definition) is 7. The maximum Gasteiger partial charge on any atom is 0.236 e. The number of thioether (sulfide) groups is 1. The van der Waals surface area contributed by atoms with Crippen molar-refractivity contribution < 1.29 is 13.7 Å². The lowest BCUT2D eigenvalue weighted by molar-refractivity contribution is -0.113. The van der Waals surface area contributed by atoms with Gasteiger partial charge in [0.2, 0.25) is 5.91 Å². The maximum atomic E-state index is 13.5. The molecular weight excluding hydrogens is 419 g/mol. The molecule has 1 amide bonds. The highest BCUT2D eigenvalue weighted by Gasteiger charge is 2.26. The van der Waals surface area contributed by atoms with Crippen molar-refractivity contribution in [3.05, 3.63) is 47.7 Å². The van der Waals surface area contributed by atoms with Crippen molar-refractivity contribution in [2.75, 3.05) is 24.2 Å². The Hall–Kier alpha value is -2.72. The summed E-state index contributed by atoms with van der Waals surface area (Å²) in [7, 11) is 0. The normalized spacial score (nSPS) is 15.7. The van der Waals surface area contributed by atoms with Crippen LogP contribution in [-0.4, -0.2) is 49.6 Å². The molecule has 4 rings (SSSR count). The highest BCUT2D eigenvalue weighted by Crippen LogP contribution is 2.29. The van der Waals surface area contributed by atoms with Crippen molar-refractivity contribution in [1.82, 2.24) is 24.8 Å². The van der Waals surface area contributed by atoms with Crippen LogP contribution in [0, 0.1) is 12.7 Å². The topological polar surface area (TPSA) is 89.1 Å². The number of likely N-dealkylation sites (tertiary alicyclic amines) is 1. The maximum absolute atomic E-state index is 13.5. The number of carbonyl (C=O) groups is 1. The molecule has 10 heteroatoms. The highest BCUT2D eigenvalue weighted by molar-refractivity contribution is 7.99. The molecule has 1 saturated heterocycles. The van der Waals surface area contributed by atoms with Crippen molar-refractivity contribution in [3.63, 3.8) is 0 Å². The Morgan fingerprint density at radius 3 is 2.65 bits per heavy atom. The van der Waals surface area contributed by atoms with E-state index in [0.717, 1.165) is 24.6 Å². The average Bonchev–Trinajstić information content (AvgIpc) is 3.39. The first-order valence-electron chi connectivity index (χ1n) is 10.3. The number of aromatic nitrogens is 4. The van der Waals surface area contributed by atoms with Gasteiger partial charge in [-0.25, -0.2) is 4.39 Å². The van der Waals surface area contributed by atoms with Gasteiger partial charge in [0.25, 0.3) is 0 Å².